The van der Waals surface area contributed by atoms with E-state index in [2.05, 4.69) is 16.9 Å². The summed E-state index contributed by atoms with van der Waals surface area (Å²) in [6, 6.07) is 2.67. The van der Waals surface area contributed by atoms with Crippen molar-refractivity contribution in [2.75, 3.05) is 12.4 Å². The van der Waals surface area contributed by atoms with E-state index in [1.165, 1.54) is 30.7 Å². The fourth-order valence-electron chi connectivity index (χ4n) is 2.95. The highest BCUT2D eigenvalue weighted by molar-refractivity contribution is 8.14. The summed E-state index contributed by atoms with van der Waals surface area (Å²) in [5, 5.41) is 3.84. The summed E-state index contributed by atoms with van der Waals surface area (Å²) < 4.78 is 11.1. The molecule has 1 amide bonds. The van der Waals surface area contributed by atoms with Crippen molar-refractivity contribution in [3.8, 4) is 5.75 Å². The van der Waals surface area contributed by atoms with E-state index in [0.717, 1.165) is 17.0 Å². The molecule has 1 saturated carbocycles. The number of thioether (sulfide) groups is 1. The van der Waals surface area contributed by atoms with Crippen LogP contribution in [-0.2, 0) is 4.79 Å². The largest absolute Gasteiger partial charge is 0.493 e. The van der Waals surface area contributed by atoms with Gasteiger partial charge in [0.15, 0.2) is 0 Å². The third kappa shape index (κ3) is 5.07. The second-order valence-electron chi connectivity index (χ2n) is 7.84. The molecule has 1 aromatic rings. The molecule has 28 heavy (non-hydrogen) atoms. The maximum absolute atomic E-state index is 13.0. The van der Waals surface area contributed by atoms with E-state index < -0.39 is 17.2 Å². The number of carbonyl (C=O) groups is 1. The lowest BCUT2D eigenvalue weighted by Crippen LogP contribution is -2.45. The number of nitrogens with zero attached hydrogens (tertiary/aromatic N) is 1. The number of nitrogens with one attached hydrogen (secondary N) is 1. The van der Waals surface area contributed by atoms with Crippen molar-refractivity contribution in [3.05, 3.63) is 40.5 Å². The average Bonchev–Trinajstić information content (AvgIpc) is 3.38. The van der Waals surface area contributed by atoms with Crippen molar-refractivity contribution in [1.82, 2.24) is 5.32 Å². The van der Waals surface area contributed by atoms with Gasteiger partial charge < -0.3 is 14.5 Å². The topological polar surface area (TPSA) is 80.9 Å². The fraction of sp³-hybridized carbons (Fsp3) is 0.571. The molecule has 2 atom stereocenters. The maximum atomic E-state index is 13.0. The number of ether oxygens (including phenoxy) is 1. The van der Waals surface area contributed by atoms with Crippen LogP contribution in [0.1, 0.15) is 58.3 Å². The summed E-state index contributed by atoms with van der Waals surface area (Å²) in [4.78, 5) is 29.6. The molecule has 0 aromatic carbocycles. The molecular weight excluding hydrogens is 376 g/mol. The van der Waals surface area contributed by atoms with Crippen LogP contribution < -0.4 is 15.7 Å². The molecule has 6 nitrogen and oxygen atoms in total. The van der Waals surface area contributed by atoms with Gasteiger partial charge in [0.05, 0.1) is 23.8 Å². The van der Waals surface area contributed by atoms with Crippen LogP contribution in [0.3, 0.4) is 0 Å². The summed E-state index contributed by atoms with van der Waals surface area (Å²) in [5.41, 5.74) is -0.465. The van der Waals surface area contributed by atoms with Gasteiger partial charge in [0, 0.05) is 11.8 Å². The lowest BCUT2D eigenvalue weighted by Gasteiger charge is -2.24. The van der Waals surface area contributed by atoms with Gasteiger partial charge in [-0.2, -0.15) is 0 Å². The molecule has 152 valence electrons. The van der Waals surface area contributed by atoms with Crippen molar-refractivity contribution in [2.24, 2.45) is 10.9 Å². The van der Waals surface area contributed by atoms with Gasteiger partial charge >= 0.3 is 5.63 Å². The zero-order valence-electron chi connectivity index (χ0n) is 16.7. The van der Waals surface area contributed by atoms with E-state index in [0.29, 0.717) is 36.2 Å². The summed E-state index contributed by atoms with van der Waals surface area (Å²) in [6.07, 6.45) is 3.83. The minimum absolute atomic E-state index is 0.179. The molecule has 1 aromatic heterocycles. The summed E-state index contributed by atoms with van der Waals surface area (Å²) in [7, 11) is 0. The molecule has 1 aliphatic heterocycles. The van der Waals surface area contributed by atoms with Crippen molar-refractivity contribution in [3.63, 3.8) is 0 Å². The Morgan fingerprint density at radius 2 is 2.25 bits per heavy atom. The zero-order chi connectivity index (χ0) is 20.3. The molecule has 1 fully saturated rings. The van der Waals surface area contributed by atoms with Crippen LogP contribution in [0.5, 0.6) is 5.75 Å². The van der Waals surface area contributed by atoms with Crippen molar-refractivity contribution < 1.29 is 13.9 Å². The fourth-order valence-corrected chi connectivity index (χ4v) is 4.07. The lowest BCUT2D eigenvalue weighted by atomic mass is 10.0. The Labute approximate surface area is 169 Å². The van der Waals surface area contributed by atoms with Gasteiger partial charge in [0.2, 0.25) is 5.91 Å². The van der Waals surface area contributed by atoms with Gasteiger partial charge in [-0.05, 0) is 44.6 Å². The SMILES string of the molecule is C=C(C)C1=NC(C)(C(=O)N[C@H](CCC)c2cc(OCC3CC3)cc(=O)o2)CS1. The first-order valence-electron chi connectivity index (χ1n) is 9.78. The summed E-state index contributed by atoms with van der Waals surface area (Å²) in [6.45, 7) is 10.2. The van der Waals surface area contributed by atoms with E-state index in [9.17, 15) is 9.59 Å². The maximum Gasteiger partial charge on any atom is 0.339 e. The quantitative estimate of drug-likeness (QED) is 0.676. The van der Waals surface area contributed by atoms with Crippen molar-refractivity contribution in [1.29, 1.82) is 0 Å². The minimum atomic E-state index is -0.856. The van der Waals surface area contributed by atoms with Gasteiger partial charge in [0.25, 0.3) is 0 Å². The van der Waals surface area contributed by atoms with Gasteiger partial charge in [-0.3, -0.25) is 9.79 Å². The molecule has 1 unspecified atom stereocenters. The summed E-state index contributed by atoms with van der Waals surface area (Å²) >= 11 is 1.54. The third-order valence-electron chi connectivity index (χ3n) is 4.86. The summed E-state index contributed by atoms with van der Waals surface area (Å²) in [5.74, 6) is 1.89. The number of hydrogen-bond donors (Lipinski definition) is 1. The Kier molecular flexibility index (Phi) is 6.33. The van der Waals surface area contributed by atoms with Crippen LogP contribution in [0.15, 0.2) is 38.5 Å². The molecule has 0 spiro atoms. The molecule has 0 radical (unpaired) electrons. The van der Waals surface area contributed by atoms with Crippen molar-refractivity contribution >= 4 is 22.7 Å². The number of aliphatic imine (C=N–C) groups is 1. The second-order valence-corrected chi connectivity index (χ2v) is 8.81. The van der Waals surface area contributed by atoms with E-state index in [1.54, 1.807) is 6.07 Å². The van der Waals surface area contributed by atoms with Gasteiger partial charge in [-0.15, -0.1) is 11.8 Å². The van der Waals surface area contributed by atoms with E-state index in [4.69, 9.17) is 9.15 Å². The molecule has 0 saturated heterocycles. The highest BCUT2D eigenvalue weighted by Crippen LogP contribution is 2.32. The molecule has 7 heteroatoms. The highest BCUT2D eigenvalue weighted by Gasteiger charge is 2.39. The van der Waals surface area contributed by atoms with E-state index in [-0.39, 0.29) is 5.91 Å². The van der Waals surface area contributed by atoms with Gasteiger partial charge in [0.1, 0.15) is 17.0 Å². The minimum Gasteiger partial charge on any atom is -0.493 e. The predicted octanol–water partition coefficient (Wildman–Crippen LogP) is 3.87. The molecule has 0 bridgehead atoms. The normalized spacial score (nSPS) is 22.5. The highest BCUT2D eigenvalue weighted by atomic mass is 32.2. The lowest BCUT2D eigenvalue weighted by molar-refractivity contribution is -0.125. The molecular formula is C21H28N2O4S. The molecule has 1 N–H and O–H groups in total. The van der Waals surface area contributed by atoms with Crippen LogP contribution in [0, 0.1) is 5.92 Å². The number of amides is 1. The van der Waals surface area contributed by atoms with Gasteiger partial charge in [-0.25, -0.2) is 4.79 Å². The average molecular weight is 405 g/mol. The second kappa shape index (κ2) is 8.55. The van der Waals surface area contributed by atoms with Crippen LogP contribution in [0.4, 0.5) is 0 Å². The van der Waals surface area contributed by atoms with E-state index >= 15 is 0 Å². The molecule has 1 aliphatic carbocycles. The Bertz CT molecular complexity index is 843. The number of hydrogen-bond acceptors (Lipinski definition) is 6. The Morgan fingerprint density at radius 3 is 2.86 bits per heavy atom. The van der Waals surface area contributed by atoms with Crippen LogP contribution in [-0.4, -0.2) is 28.8 Å². The van der Waals surface area contributed by atoms with Crippen LogP contribution >= 0.6 is 11.8 Å². The first-order valence-corrected chi connectivity index (χ1v) is 10.8. The zero-order valence-corrected chi connectivity index (χ0v) is 17.6. The Hall–Kier alpha value is -2.02. The van der Waals surface area contributed by atoms with Crippen molar-refractivity contribution in [2.45, 2.75) is 58.0 Å². The third-order valence-corrected chi connectivity index (χ3v) is 6.28. The Balaban J connectivity index is 1.76. The first-order chi connectivity index (χ1) is 13.3. The first kappa shape index (κ1) is 20.7. The molecule has 3 rings (SSSR count). The molecule has 2 heterocycles. The predicted molar refractivity (Wildman–Crippen MR) is 112 cm³/mol. The van der Waals surface area contributed by atoms with Gasteiger partial charge in [-0.1, -0.05) is 19.9 Å². The standard InChI is InChI=1S/C21H28N2O4S/c1-5-6-16(22-20(25)21(4)12-28-19(23-21)13(2)3)17-9-15(10-18(24)27-17)26-11-14-7-8-14/h9-10,14,16H,2,5-8,11-12H2,1,3-4H3,(H,22,25)/t16-,21?/m1/s1. The smallest absolute Gasteiger partial charge is 0.339 e. The van der Waals surface area contributed by atoms with Crippen LogP contribution in [0.25, 0.3) is 0 Å². The van der Waals surface area contributed by atoms with E-state index in [1.807, 2.05) is 20.8 Å². The monoisotopic (exact) mass is 404 g/mol. The number of carbonyl (C=O) groups excluding carboxylic acids is 1. The van der Waals surface area contributed by atoms with Crippen LogP contribution in [0.2, 0.25) is 0 Å². The number of rotatable bonds is 9. The molecule has 2 aliphatic rings. The Morgan fingerprint density at radius 1 is 1.50 bits per heavy atom.